The molecule has 3 fully saturated rings. The van der Waals surface area contributed by atoms with Gasteiger partial charge in [-0.05, 0) is 49.9 Å². The van der Waals surface area contributed by atoms with E-state index in [4.69, 9.17) is 4.74 Å². The fraction of sp³-hybridized carbons (Fsp3) is 1.00. The molecule has 1 unspecified atom stereocenters. The fourth-order valence-corrected chi connectivity index (χ4v) is 4.84. The molecule has 0 aromatic heterocycles. The molecule has 4 bridgehead atoms. The zero-order chi connectivity index (χ0) is 13.3. The molecule has 0 amide bonds. The lowest BCUT2D eigenvalue weighted by molar-refractivity contribution is -0.349. The van der Waals surface area contributed by atoms with Gasteiger partial charge in [-0.25, -0.2) is 0 Å². The molecule has 0 radical (unpaired) electrons. The Balaban J connectivity index is 2.07. The Bertz CT molecular complexity index is 361. The summed E-state index contributed by atoms with van der Waals surface area (Å²) in [5, 5.41) is 21.0. The van der Waals surface area contributed by atoms with Crippen LogP contribution in [0.1, 0.15) is 53.4 Å². The molecule has 18 heavy (non-hydrogen) atoms. The van der Waals surface area contributed by atoms with Gasteiger partial charge < -0.3 is 14.9 Å². The Hall–Kier alpha value is -0.120. The average molecular weight is 254 g/mol. The van der Waals surface area contributed by atoms with Crippen LogP contribution in [-0.4, -0.2) is 28.2 Å². The van der Waals surface area contributed by atoms with Gasteiger partial charge in [-0.1, -0.05) is 20.8 Å². The molecule has 3 nitrogen and oxygen atoms in total. The van der Waals surface area contributed by atoms with E-state index >= 15 is 0 Å². The Morgan fingerprint density at radius 1 is 1.06 bits per heavy atom. The third kappa shape index (κ3) is 1.47. The Labute approximate surface area is 110 Å². The van der Waals surface area contributed by atoms with Gasteiger partial charge in [0.2, 0.25) is 0 Å². The molecule has 1 heterocycles. The topological polar surface area (TPSA) is 49.7 Å². The first-order valence-electron chi connectivity index (χ1n) is 7.24. The van der Waals surface area contributed by atoms with Crippen molar-refractivity contribution in [3.05, 3.63) is 0 Å². The van der Waals surface area contributed by atoms with Gasteiger partial charge in [-0.3, -0.25) is 0 Å². The average Bonchev–Trinajstić information content (AvgIpc) is 2.26. The molecule has 3 aliphatic rings. The summed E-state index contributed by atoms with van der Waals surface area (Å²) in [5.74, 6) is 0.846. The highest BCUT2D eigenvalue weighted by atomic mass is 16.6. The van der Waals surface area contributed by atoms with Crippen molar-refractivity contribution in [2.75, 3.05) is 0 Å². The van der Waals surface area contributed by atoms with Crippen LogP contribution < -0.4 is 0 Å². The summed E-state index contributed by atoms with van der Waals surface area (Å²) >= 11 is 0. The van der Waals surface area contributed by atoms with E-state index in [9.17, 15) is 10.2 Å². The third-order valence-electron chi connectivity index (χ3n) is 6.23. The van der Waals surface area contributed by atoms with E-state index < -0.39 is 11.9 Å². The van der Waals surface area contributed by atoms with Crippen LogP contribution in [0.3, 0.4) is 0 Å². The Morgan fingerprint density at radius 3 is 2.39 bits per heavy atom. The summed E-state index contributed by atoms with van der Waals surface area (Å²) in [7, 11) is 0. The summed E-state index contributed by atoms with van der Waals surface area (Å²) in [5.41, 5.74) is -0.718. The van der Waals surface area contributed by atoms with Crippen molar-refractivity contribution in [1.29, 1.82) is 0 Å². The molecule has 104 valence electrons. The van der Waals surface area contributed by atoms with Gasteiger partial charge in [0.05, 0.1) is 11.7 Å². The van der Waals surface area contributed by atoms with Crippen molar-refractivity contribution >= 4 is 0 Å². The van der Waals surface area contributed by atoms with Crippen LogP contribution in [0.15, 0.2) is 0 Å². The highest BCUT2D eigenvalue weighted by molar-refractivity contribution is 5.11. The second-order valence-electron chi connectivity index (χ2n) is 7.93. The van der Waals surface area contributed by atoms with Gasteiger partial charge in [0.15, 0.2) is 6.29 Å². The highest BCUT2D eigenvalue weighted by Gasteiger charge is 2.65. The van der Waals surface area contributed by atoms with Gasteiger partial charge in [0.25, 0.3) is 0 Å². The first kappa shape index (κ1) is 12.9. The zero-order valence-electron chi connectivity index (χ0n) is 11.9. The lowest BCUT2D eigenvalue weighted by Crippen LogP contribution is -2.68. The van der Waals surface area contributed by atoms with Gasteiger partial charge in [-0.15, -0.1) is 0 Å². The van der Waals surface area contributed by atoms with Crippen LogP contribution in [0.4, 0.5) is 0 Å². The fourth-order valence-electron chi connectivity index (χ4n) is 4.84. The lowest BCUT2D eigenvalue weighted by Gasteiger charge is -2.65. The van der Waals surface area contributed by atoms with E-state index in [2.05, 4.69) is 20.8 Å². The SMILES string of the molecule is CC1(C)CC[C@]2(C)C(O)O[C@@H]3[C@H]1[C@H]2CC[C@@]3(C)O. The third-order valence-corrected chi connectivity index (χ3v) is 6.23. The van der Waals surface area contributed by atoms with Crippen LogP contribution in [0.5, 0.6) is 0 Å². The second-order valence-corrected chi connectivity index (χ2v) is 7.93. The molecule has 1 aliphatic heterocycles. The maximum absolute atomic E-state index is 10.6. The first-order chi connectivity index (χ1) is 8.18. The van der Waals surface area contributed by atoms with Crippen LogP contribution in [0.25, 0.3) is 0 Å². The Kier molecular flexibility index (Phi) is 2.51. The second kappa shape index (κ2) is 3.50. The predicted octanol–water partition coefficient (Wildman–Crippen LogP) is 2.31. The monoisotopic (exact) mass is 254 g/mol. The minimum absolute atomic E-state index is 0.118. The normalized spacial score (nSPS) is 58.3. The van der Waals surface area contributed by atoms with Crippen LogP contribution in [0.2, 0.25) is 0 Å². The minimum Gasteiger partial charge on any atom is -0.387 e. The molecular weight excluding hydrogens is 228 g/mol. The number of aliphatic hydroxyl groups is 2. The van der Waals surface area contributed by atoms with E-state index in [0.717, 1.165) is 25.7 Å². The molecule has 6 atom stereocenters. The minimum atomic E-state index is -0.794. The standard InChI is InChI=1S/C15H26O3/c1-13(2)7-8-14(3)9-5-6-15(4,17)11(10(9)13)18-12(14)16/h9-12,16-17H,5-8H2,1-4H3/t9-,10-,11-,12?,14+,15-/m1/s1. The number of hydrogen-bond acceptors (Lipinski definition) is 3. The van der Waals surface area contributed by atoms with Crippen LogP contribution in [-0.2, 0) is 4.74 Å². The van der Waals surface area contributed by atoms with Gasteiger partial charge in [0.1, 0.15) is 0 Å². The molecule has 1 saturated heterocycles. The lowest BCUT2D eigenvalue weighted by atomic mass is 9.46. The quantitative estimate of drug-likeness (QED) is 0.697. The van der Waals surface area contributed by atoms with E-state index in [1.807, 2.05) is 6.92 Å². The molecular formula is C15H26O3. The summed E-state index contributed by atoms with van der Waals surface area (Å²) < 4.78 is 5.88. The maximum Gasteiger partial charge on any atom is 0.160 e. The summed E-state index contributed by atoms with van der Waals surface area (Å²) in [6, 6.07) is 0. The van der Waals surface area contributed by atoms with Crippen molar-refractivity contribution in [2.24, 2.45) is 22.7 Å². The summed E-state index contributed by atoms with van der Waals surface area (Å²) in [6.45, 7) is 8.62. The molecule has 2 aliphatic carbocycles. The largest absolute Gasteiger partial charge is 0.387 e. The van der Waals surface area contributed by atoms with Crippen molar-refractivity contribution < 1.29 is 14.9 Å². The van der Waals surface area contributed by atoms with Crippen LogP contribution in [0, 0.1) is 22.7 Å². The maximum atomic E-state index is 10.6. The summed E-state index contributed by atoms with van der Waals surface area (Å²) in [4.78, 5) is 0. The first-order valence-corrected chi connectivity index (χ1v) is 7.24. The van der Waals surface area contributed by atoms with Crippen molar-refractivity contribution in [1.82, 2.24) is 0 Å². The van der Waals surface area contributed by atoms with E-state index in [0.29, 0.717) is 11.8 Å². The van der Waals surface area contributed by atoms with E-state index in [1.165, 1.54) is 0 Å². The van der Waals surface area contributed by atoms with Gasteiger partial charge in [0, 0.05) is 5.41 Å². The number of hydrogen-bond donors (Lipinski definition) is 2. The molecule has 3 rings (SSSR count). The van der Waals surface area contributed by atoms with Gasteiger partial charge in [-0.2, -0.15) is 0 Å². The molecule has 2 N–H and O–H groups in total. The molecule has 0 aromatic rings. The Morgan fingerprint density at radius 2 is 1.72 bits per heavy atom. The molecule has 2 saturated carbocycles. The summed E-state index contributed by atoms with van der Waals surface area (Å²) in [6.07, 6.45) is 3.00. The number of rotatable bonds is 0. The van der Waals surface area contributed by atoms with Crippen molar-refractivity contribution in [2.45, 2.75) is 71.4 Å². The highest BCUT2D eigenvalue weighted by Crippen LogP contribution is 2.64. The van der Waals surface area contributed by atoms with Crippen LogP contribution >= 0.6 is 0 Å². The smallest absolute Gasteiger partial charge is 0.160 e. The number of aliphatic hydroxyl groups excluding tert-OH is 1. The molecule has 0 aromatic carbocycles. The molecule has 0 spiro atoms. The van der Waals surface area contributed by atoms with Crippen molar-refractivity contribution in [3.63, 3.8) is 0 Å². The van der Waals surface area contributed by atoms with Gasteiger partial charge >= 0.3 is 0 Å². The van der Waals surface area contributed by atoms with E-state index in [1.54, 1.807) is 0 Å². The van der Waals surface area contributed by atoms with Crippen molar-refractivity contribution in [3.8, 4) is 0 Å². The predicted molar refractivity (Wildman–Crippen MR) is 68.8 cm³/mol. The zero-order valence-corrected chi connectivity index (χ0v) is 11.9. The number of ether oxygens (including phenoxy) is 1. The van der Waals surface area contributed by atoms with E-state index in [-0.39, 0.29) is 16.9 Å². The molecule has 3 heteroatoms.